The number of nitrogens with zero attached hydrogens (tertiary/aromatic N) is 1. The Morgan fingerprint density at radius 3 is 3.08 bits per heavy atom. The van der Waals surface area contributed by atoms with Crippen molar-refractivity contribution in [2.24, 2.45) is 0 Å². The first-order valence-corrected chi connectivity index (χ1v) is 3.66. The molecule has 12 heavy (non-hydrogen) atoms. The van der Waals surface area contributed by atoms with Crippen LogP contribution in [0.3, 0.4) is 0 Å². The van der Waals surface area contributed by atoms with Crippen LogP contribution in [0.4, 0.5) is 4.79 Å². The van der Waals surface area contributed by atoms with Crippen molar-refractivity contribution in [3.05, 3.63) is 30.1 Å². The predicted octanol–water partition coefficient (Wildman–Crippen LogP) is 1.14. The van der Waals surface area contributed by atoms with Crippen molar-refractivity contribution in [3.63, 3.8) is 0 Å². The number of rotatable bonds is 3. The van der Waals surface area contributed by atoms with Crippen molar-refractivity contribution >= 4 is 6.09 Å². The van der Waals surface area contributed by atoms with Gasteiger partial charge < -0.3 is 10.4 Å². The van der Waals surface area contributed by atoms with Crippen LogP contribution in [0.1, 0.15) is 7.12 Å². The van der Waals surface area contributed by atoms with Crippen LogP contribution in [0.2, 0.25) is 0 Å². The van der Waals surface area contributed by atoms with Gasteiger partial charge in [-0.2, -0.15) is 0 Å². The fourth-order valence-electron chi connectivity index (χ4n) is 0.844. The van der Waals surface area contributed by atoms with E-state index in [2.05, 4.69) is 10.3 Å². The van der Waals surface area contributed by atoms with E-state index in [0.717, 1.165) is 5.69 Å². The maximum atomic E-state index is 10.1. The normalized spacial score (nSPS) is 9.33. The zero-order valence-electron chi connectivity index (χ0n) is 6.53. The van der Waals surface area contributed by atoms with E-state index in [0.29, 0.717) is 13.0 Å². The molecule has 0 aliphatic heterocycles. The molecule has 66 valence electrons. The van der Waals surface area contributed by atoms with Gasteiger partial charge in [0.1, 0.15) is 0 Å². The third kappa shape index (κ3) is 3.01. The fraction of sp³-hybridized carbons (Fsp3) is 0.250. The molecule has 0 radical (unpaired) electrons. The number of hydrogen-bond donors (Lipinski definition) is 2. The molecule has 1 aromatic heterocycles. The summed E-state index contributed by atoms with van der Waals surface area (Å²) >= 11 is 0. The van der Waals surface area contributed by atoms with Gasteiger partial charge >= 0.3 is 6.09 Å². The molecule has 0 atom stereocenters. The summed E-state index contributed by atoms with van der Waals surface area (Å²) in [7, 11) is 0. The minimum Gasteiger partial charge on any atom is -0.465 e. The zero-order chi connectivity index (χ0) is 8.81. The highest BCUT2D eigenvalue weighted by Crippen LogP contribution is 1.92. The molecule has 1 heterocycles. The van der Waals surface area contributed by atoms with Gasteiger partial charge in [0.05, 0.1) is 0 Å². The monoisotopic (exact) mass is 168 g/mol. The third-order valence-electron chi connectivity index (χ3n) is 1.38. The highest BCUT2D eigenvalue weighted by molar-refractivity contribution is 5.64. The molecule has 0 saturated carbocycles. The lowest BCUT2D eigenvalue weighted by Gasteiger charge is -1.99. The van der Waals surface area contributed by atoms with Crippen molar-refractivity contribution in [3.8, 4) is 0 Å². The number of nitrogens with one attached hydrogen (secondary N) is 1. The lowest BCUT2D eigenvalue weighted by molar-refractivity contribution is 0.194. The Kier molecular flexibility index (Phi) is 3.07. The van der Waals surface area contributed by atoms with Crippen molar-refractivity contribution in [2.45, 2.75) is 6.42 Å². The molecular formula is C8H12N2O2. The van der Waals surface area contributed by atoms with Gasteiger partial charge in [0, 0.05) is 26.3 Å². The van der Waals surface area contributed by atoms with Crippen LogP contribution < -0.4 is 5.32 Å². The Hall–Kier alpha value is -1.58. The van der Waals surface area contributed by atoms with Crippen molar-refractivity contribution in [1.29, 1.82) is 0 Å². The summed E-state index contributed by atoms with van der Waals surface area (Å²) in [6.45, 7) is 0.409. The quantitative estimate of drug-likeness (QED) is 0.711. The summed E-state index contributed by atoms with van der Waals surface area (Å²) in [4.78, 5) is 14.1. The van der Waals surface area contributed by atoms with E-state index >= 15 is 0 Å². The largest absolute Gasteiger partial charge is 0.465 e. The zero-order valence-corrected chi connectivity index (χ0v) is 6.53. The predicted molar refractivity (Wildman–Crippen MR) is 46.1 cm³/mol. The Morgan fingerprint density at radius 2 is 2.50 bits per heavy atom. The number of pyridine rings is 1. The molecule has 1 amide bonds. The highest BCUT2D eigenvalue weighted by Gasteiger charge is 1.94. The maximum Gasteiger partial charge on any atom is 0.404 e. The van der Waals surface area contributed by atoms with Crippen LogP contribution in [0.5, 0.6) is 0 Å². The average Bonchev–Trinajstić information content (AvgIpc) is 2.05. The summed E-state index contributed by atoms with van der Waals surface area (Å²) < 4.78 is 0. The van der Waals surface area contributed by atoms with Crippen molar-refractivity contribution in [2.75, 3.05) is 6.54 Å². The van der Waals surface area contributed by atoms with Gasteiger partial charge in [-0.1, -0.05) is 6.07 Å². The molecule has 2 N–H and O–H groups in total. The van der Waals surface area contributed by atoms with Gasteiger partial charge in [0.2, 0.25) is 0 Å². The molecule has 0 aromatic carbocycles. The van der Waals surface area contributed by atoms with Crippen LogP contribution in [0.25, 0.3) is 0 Å². The molecule has 0 aliphatic carbocycles. The second kappa shape index (κ2) is 4.33. The molecule has 0 unspecified atom stereocenters. The first-order chi connectivity index (χ1) is 5.79. The second-order valence-electron chi connectivity index (χ2n) is 2.30. The first kappa shape index (κ1) is 8.52. The Morgan fingerprint density at radius 1 is 1.67 bits per heavy atom. The van der Waals surface area contributed by atoms with Crippen molar-refractivity contribution in [1.82, 2.24) is 10.3 Å². The van der Waals surface area contributed by atoms with E-state index < -0.39 is 6.09 Å². The van der Waals surface area contributed by atoms with Gasteiger partial charge in [0.15, 0.2) is 0 Å². The summed E-state index contributed by atoms with van der Waals surface area (Å²) in [6.07, 6.45) is 1.33. The van der Waals surface area contributed by atoms with Crippen LogP contribution in [0, 0.1) is 0 Å². The topological polar surface area (TPSA) is 62.2 Å². The van der Waals surface area contributed by atoms with E-state index in [-0.39, 0.29) is 1.43 Å². The minimum absolute atomic E-state index is 0. The van der Waals surface area contributed by atoms with E-state index in [4.69, 9.17) is 5.11 Å². The lowest BCUT2D eigenvalue weighted by atomic mass is 10.3. The number of carboxylic acid groups (broad SMARTS) is 1. The van der Waals surface area contributed by atoms with Gasteiger partial charge in [-0.25, -0.2) is 4.79 Å². The van der Waals surface area contributed by atoms with Gasteiger partial charge in [0.25, 0.3) is 0 Å². The van der Waals surface area contributed by atoms with Crippen LogP contribution in [0.15, 0.2) is 24.4 Å². The summed E-state index contributed by atoms with van der Waals surface area (Å²) in [5.74, 6) is 0. The van der Waals surface area contributed by atoms with E-state index in [1.54, 1.807) is 6.20 Å². The fourth-order valence-corrected chi connectivity index (χ4v) is 0.844. The molecular weight excluding hydrogens is 156 g/mol. The molecule has 4 nitrogen and oxygen atoms in total. The maximum absolute atomic E-state index is 10.1. The second-order valence-corrected chi connectivity index (χ2v) is 2.30. The molecule has 0 spiro atoms. The molecule has 1 rings (SSSR count). The molecule has 1 aromatic rings. The van der Waals surface area contributed by atoms with Gasteiger partial charge in [-0.05, 0) is 12.1 Å². The van der Waals surface area contributed by atoms with Gasteiger partial charge in [-0.3, -0.25) is 4.98 Å². The smallest absolute Gasteiger partial charge is 0.404 e. The number of aromatic nitrogens is 1. The molecule has 0 aliphatic rings. The Bertz CT molecular complexity index is 254. The average molecular weight is 168 g/mol. The molecule has 0 saturated heterocycles. The summed E-state index contributed by atoms with van der Waals surface area (Å²) in [5.41, 5.74) is 0.895. The third-order valence-corrected chi connectivity index (χ3v) is 1.38. The standard InChI is InChI=1S/C8H10N2O2.H2/c11-8(12)10-6-4-7-3-1-2-5-9-7;/h1-3,5,10H,4,6H2,(H,11,12);1H. The number of hydrogen-bond acceptors (Lipinski definition) is 2. The van der Waals surface area contributed by atoms with Crippen molar-refractivity contribution < 1.29 is 11.3 Å². The van der Waals surface area contributed by atoms with Crippen LogP contribution >= 0.6 is 0 Å². The minimum atomic E-state index is -0.995. The Balaban J connectivity index is 0.00000144. The number of carbonyl (C=O) groups is 1. The molecule has 0 bridgehead atoms. The van der Waals surface area contributed by atoms with Gasteiger partial charge in [-0.15, -0.1) is 0 Å². The SMILES string of the molecule is O=C(O)NCCc1ccccn1.[HH]. The molecule has 0 fully saturated rings. The summed E-state index contributed by atoms with van der Waals surface area (Å²) in [5, 5.41) is 10.5. The summed E-state index contributed by atoms with van der Waals surface area (Å²) in [6, 6.07) is 5.57. The van der Waals surface area contributed by atoms with E-state index in [1.165, 1.54) is 0 Å². The lowest BCUT2D eigenvalue weighted by Crippen LogP contribution is -2.23. The van der Waals surface area contributed by atoms with E-state index in [9.17, 15) is 4.79 Å². The highest BCUT2D eigenvalue weighted by atomic mass is 16.4. The Labute approximate surface area is 71.7 Å². The van der Waals surface area contributed by atoms with Crippen LogP contribution in [-0.2, 0) is 6.42 Å². The van der Waals surface area contributed by atoms with Crippen LogP contribution in [-0.4, -0.2) is 22.7 Å². The first-order valence-electron chi connectivity index (χ1n) is 3.66. The number of amides is 1. The van der Waals surface area contributed by atoms with E-state index in [1.807, 2.05) is 18.2 Å². The molecule has 4 heteroatoms.